The minimum absolute atomic E-state index is 0.00348. The Bertz CT molecular complexity index is 436. The van der Waals surface area contributed by atoms with Gasteiger partial charge in [-0.3, -0.25) is 9.59 Å². The van der Waals surface area contributed by atoms with Gasteiger partial charge in [0.15, 0.2) is 0 Å². The first-order valence-electron chi connectivity index (χ1n) is 6.89. The lowest BCUT2D eigenvalue weighted by Gasteiger charge is -2.34. The van der Waals surface area contributed by atoms with E-state index in [1.807, 2.05) is 4.90 Å². The van der Waals surface area contributed by atoms with E-state index in [2.05, 4.69) is 15.9 Å². The highest BCUT2D eigenvalue weighted by atomic mass is 79.9. The van der Waals surface area contributed by atoms with Gasteiger partial charge in [-0.25, -0.2) is 0 Å². The highest BCUT2D eigenvalue weighted by Gasteiger charge is 2.68. The first kappa shape index (κ1) is 12.1. The van der Waals surface area contributed by atoms with Gasteiger partial charge in [0.25, 0.3) is 0 Å². The van der Waals surface area contributed by atoms with Crippen LogP contribution in [-0.4, -0.2) is 54.0 Å². The fraction of sp³-hybridized carbons (Fsp3) is 0.846. The number of nitrogens with zero attached hydrogens (tertiary/aromatic N) is 1. The summed E-state index contributed by atoms with van der Waals surface area (Å²) in [6, 6.07) is 0. The van der Waals surface area contributed by atoms with E-state index in [0.29, 0.717) is 26.3 Å². The number of alkyl halides is 1. The predicted molar refractivity (Wildman–Crippen MR) is 68.6 cm³/mol. The van der Waals surface area contributed by atoms with Gasteiger partial charge in [-0.2, -0.15) is 0 Å². The van der Waals surface area contributed by atoms with Crippen LogP contribution in [0, 0.1) is 23.7 Å². The summed E-state index contributed by atoms with van der Waals surface area (Å²) in [5.41, 5.74) is 0. The van der Waals surface area contributed by atoms with Crippen LogP contribution in [0.15, 0.2) is 0 Å². The van der Waals surface area contributed by atoms with E-state index in [1.165, 1.54) is 0 Å². The lowest BCUT2D eigenvalue weighted by Crippen LogP contribution is -2.49. The summed E-state index contributed by atoms with van der Waals surface area (Å²) in [6.45, 7) is 2.49. The minimum Gasteiger partial charge on any atom is -0.461 e. The van der Waals surface area contributed by atoms with Crippen LogP contribution in [0.1, 0.15) is 6.42 Å². The molecule has 0 radical (unpaired) electrons. The topological polar surface area (TPSA) is 55.8 Å². The standard InChI is InChI=1S/C13H16BrNO4/c14-10-6-5-7-9(13(17)19-11(7)10)8(6)12(16)15-1-3-18-4-2-15/h6-11H,1-5H2/t6-,7-,8-,9+,10+,11-/m0/s1. The zero-order valence-electron chi connectivity index (χ0n) is 10.5. The number of rotatable bonds is 1. The van der Waals surface area contributed by atoms with E-state index in [9.17, 15) is 9.59 Å². The quantitative estimate of drug-likeness (QED) is 0.516. The molecule has 2 saturated carbocycles. The average Bonchev–Trinajstić information content (AvgIpc) is 3.03. The second kappa shape index (κ2) is 4.19. The van der Waals surface area contributed by atoms with E-state index in [1.54, 1.807) is 0 Å². The Morgan fingerprint density at radius 3 is 2.74 bits per heavy atom. The zero-order chi connectivity index (χ0) is 13.1. The van der Waals surface area contributed by atoms with Crippen LogP contribution in [0.2, 0.25) is 0 Å². The van der Waals surface area contributed by atoms with E-state index in [0.717, 1.165) is 6.42 Å². The maximum absolute atomic E-state index is 12.7. The van der Waals surface area contributed by atoms with Gasteiger partial charge in [0.05, 0.1) is 29.9 Å². The van der Waals surface area contributed by atoms with Gasteiger partial charge in [0, 0.05) is 19.0 Å². The smallest absolute Gasteiger partial charge is 0.310 e. The number of hydrogen-bond acceptors (Lipinski definition) is 4. The Kier molecular flexibility index (Phi) is 2.68. The molecular formula is C13H16BrNO4. The normalized spacial score (nSPS) is 47.6. The third-order valence-corrected chi connectivity index (χ3v) is 6.33. The molecule has 2 saturated heterocycles. The summed E-state index contributed by atoms with van der Waals surface area (Å²) in [5.74, 6) is 0.0881. The number of morpholine rings is 1. The van der Waals surface area contributed by atoms with Crippen molar-refractivity contribution in [1.82, 2.24) is 4.90 Å². The SMILES string of the molecule is O=C1O[C@@H]2[C@H](Br)[C@H]3C[C@H]2[C@@H]1[C@H]3C(=O)N1CCOCC1. The summed E-state index contributed by atoms with van der Waals surface area (Å²) >= 11 is 3.64. The Labute approximate surface area is 119 Å². The van der Waals surface area contributed by atoms with Crippen LogP contribution in [0.3, 0.4) is 0 Å². The van der Waals surface area contributed by atoms with E-state index in [4.69, 9.17) is 9.47 Å². The fourth-order valence-electron chi connectivity index (χ4n) is 4.30. The molecule has 5 nitrogen and oxygen atoms in total. The van der Waals surface area contributed by atoms with Crippen LogP contribution in [0.5, 0.6) is 0 Å². The molecule has 0 unspecified atom stereocenters. The molecule has 4 aliphatic rings. The van der Waals surface area contributed by atoms with Crippen LogP contribution in [0.25, 0.3) is 0 Å². The molecule has 1 amide bonds. The number of halogens is 1. The van der Waals surface area contributed by atoms with Crippen molar-refractivity contribution in [3.8, 4) is 0 Å². The summed E-state index contributed by atoms with van der Waals surface area (Å²) in [6.07, 6.45) is 0.939. The molecule has 0 spiro atoms. The molecule has 0 aromatic carbocycles. The van der Waals surface area contributed by atoms with Gasteiger partial charge in [0.2, 0.25) is 5.91 Å². The van der Waals surface area contributed by atoms with Crippen molar-refractivity contribution in [2.75, 3.05) is 26.3 Å². The highest BCUT2D eigenvalue weighted by molar-refractivity contribution is 9.09. The third kappa shape index (κ3) is 1.56. The Morgan fingerprint density at radius 2 is 2.00 bits per heavy atom. The maximum atomic E-state index is 12.7. The number of amides is 1. The molecular weight excluding hydrogens is 314 g/mol. The first-order chi connectivity index (χ1) is 9.18. The van der Waals surface area contributed by atoms with Gasteiger partial charge in [-0.1, -0.05) is 15.9 Å². The van der Waals surface area contributed by atoms with Gasteiger partial charge in [0.1, 0.15) is 6.10 Å². The molecule has 0 N–H and O–H groups in total. The van der Waals surface area contributed by atoms with Crippen molar-refractivity contribution in [3.05, 3.63) is 0 Å². The molecule has 4 rings (SSSR count). The van der Waals surface area contributed by atoms with Crippen molar-refractivity contribution in [2.24, 2.45) is 23.7 Å². The Morgan fingerprint density at radius 1 is 1.26 bits per heavy atom. The molecule has 2 heterocycles. The van der Waals surface area contributed by atoms with Crippen molar-refractivity contribution in [2.45, 2.75) is 17.4 Å². The van der Waals surface area contributed by atoms with E-state index in [-0.39, 0.29) is 46.5 Å². The summed E-state index contributed by atoms with van der Waals surface area (Å²) in [4.78, 5) is 26.7. The molecule has 6 atom stereocenters. The van der Waals surface area contributed by atoms with Gasteiger partial charge >= 0.3 is 5.97 Å². The highest BCUT2D eigenvalue weighted by Crippen LogP contribution is 2.60. The monoisotopic (exact) mass is 329 g/mol. The molecule has 4 fully saturated rings. The number of ether oxygens (including phenoxy) is 2. The molecule has 19 heavy (non-hydrogen) atoms. The van der Waals surface area contributed by atoms with Crippen LogP contribution >= 0.6 is 15.9 Å². The van der Waals surface area contributed by atoms with Gasteiger partial charge in [-0.15, -0.1) is 0 Å². The van der Waals surface area contributed by atoms with E-state index < -0.39 is 0 Å². The predicted octanol–water partition coefficient (Wildman–Crippen LogP) is 0.416. The molecule has 2 aliphatic heterocycles. The average molecular weight is 330 g/mol. The molecule has 2 bridgehead atoms. The molecule has 2 aliphatic carbocycles. The third-order valence-electron chi connectivity index (χ3n) is 5.13. The first-order valence-corrected chi connectivity index (χ1v) is 7.81. The minimum atomic E-state index is -0.195. The van der Waals surface area contributed by atoms with Crippen molar-refractivity contribution in [3.63, 3.8) is 0 Å². The zero-order valence-corrected chi connectivity index (χ0v) is 12.0. The molecule has 0 aromatic heterocycles. The number of carbonyl (C=O) groups excluding carboxylic acids is 2. The number of carbonyl (C=O) groups is 2. The fourth-order valence-corrected chi connectivity index (χ4v) is 5.35. The lowest BCUT2D eigenvalue weighted by molar-refractivity contribution is -0.149. The molecule has 0 aromatic rings. The second-order valence-corrected chi connectivity index (χ2v) is 6.96. The maximum Gasteiger partial charge on any atom is 0.310 e. The lowest BCUT2D eigenvalue weighted by atomic mass is 9.79. The van der Waals surface area contributed by atoms with Crippen LogP contribution in [-0.2, 0) is 19.1 Å². The largest absolute Gasteiger partial charge is 0.461 e. The van der Waals surface area contributed by atoms with Gasteiger partial charge in [-0.05, 0) is 12.3 Å². The van der Waals surface area contributed by atoms with Crippen LogP contribution < -0.4 is 0 Å². The Balaban J connectivity index is 1.61. The summed E-state index contributed by atoms with van der Waals surface area (Å²) < 4.78 is 10.7. The van der Waals surface area contributed by atoms with Crippen molar-refractivity contribution in [1.29, 1.82) is 0 Å². The number of hydrogen-bond donors (Lipinski definition) is 0. The number of esters is 1. The van der Waals surface area contributed by atoms with E-state index >= 15 is 0 Å². The van der Waals surface area contributed by atoms with Gasteiger partial charge < -0.3 is 14.4 Å². The molecule has 104 valence electrons. The van der Waals surface area contributed by atoms with Crippen LogP contribution in [0.4, 0.5) is 0 Å². The van der Waals surface area contributed by atoms with Crippen molar-refractivity contribution < 1.29 is 19.1 Å². The number of fused-ring (bicyclic) bond motifs is 1. The van der Waals surface area contributed by atoms with Crippen molar-refractivity contribution >= 4 is 27.8 Å². The second-order valence-electron chi connectivity index (χ2n) is 5.90. The summed E-state index contributed by atoms with van der Waals surface area (Å²) in [5, 5.41) is 0. The summed E-state index contributed by atoms with van der Waals surface area (Å²) in [7, 11) is 0. The molecule has 6 heteroatoms. The Hall–Kier alpha value is -0.620.